The number of hydrogen-bond donors (Lipinski definition) is 0. The van der Waals surface area contributed by atoms with Crippen LogP contribution in [0, 0.1) is 0 Å². The Labute approximate surface area is 62.1 Å². The zero-order valence-electron chi connectivity index (χ0n) is 5.06. The van der Waals surface area contributed by atoms with Gasteiger partial charge in [-0.1, -0.05) is 6.58 Å². The molecule has 3 heteroatoms. The highest BCUT2D eigenvalue weighted by Crippen LogP contribution is 2.05. The average molecular weight is 192 g/mol. The van der Waals surface area contributed by atoms with Crippen LogP contribution in [0.25, 0.3) is 0 Å². The molecule has 0 aliphatic carbocycles. The molecule has 9 heavy (non-hydrogen) atoms. The van der Waals surface area contributed by atoms with E-state index in [-0.39, 0.29) is 0 Å². The molecule has 0 unspecified atom stereocenters. The van der Waals surface area contributed by atoms with E-state index in [1.165, 1.54) is 12.3 Å². The second-order valence-corrected chi connectivity index (χ2v) is 2.28. The second kappa shape index (κ2) is 4.44. The van der Waals surface area contributed by atoms with E-state index in [1.807, 2.05) is 0 Å². The Morgan fingerprint density at radius 2 is 2.33 bits per heavy atom. The lowest BCUT2D eigenvalue weighted by Gasteiger charge is -1.83. The van der Waals surface area contributed by atoms with E-state index < -0.39 is 5.83 Å². The molecule has 0 aromatic rings. The predicted octanol–water partition coefficient (Wildman–Crippen LogP) is 2.45. The van der Waals surface area contributed by atoms with Crippen LogP contribution in [0.2, 0.25) is 0 Å². The van der Waals surface area contributed by atoms with Gasteiger partial charge in [0, 0.05) is 17.7 Å². The van der Waals surface area contributed by atoms with Crippen LogP contribution >= 0.6 is 15.9 Å². The molecule has 0 bridgehead atoms. The van der Waals surface area contributed by atoms with Crippen molar-refractivity contribution in [3.05, 3.63) is 23.0 Å². The summed E-state index contributed by atoms with van der Waals surface area (Å²) in [5.41, 5.74) is 0. The monoisotopic (exact) mass is 191 g/mol. The number of aliphatic imine (C=N–C) groups is 1. The van der Waals surface area contributed by atoms with Crippen LogP contribution in [0.4, 0.5) is 4.39 Å². The van der Waals surface area contributed by atoms with E-state index in [0.717, 1.165) is 0 Å². The van der Waals surface area contributed by atoms with E-state index in [0.29, 0.717) is 4.48 Å². The summed E-state index contributed by atoms with van der Waals surface area (Å²) >= 11 is 3.05. The molecule has 0 rings (SSSR count). The van der Waals surface area contributed by atoms with E-state index in [2.05, 4.69) is 27.5 Å². The van der Waals surface area contributed by atoms with Gasteiger partial charge in [-0.15, -0.1) is 0 Å². The molecule has 0 heterocycles. The fourth-order valence-corrected chi connectivity index (χ4v) is 0.763. The maximum atomic E-state index is 11.9. The maximum Gasteiger partial charge on any atom is 0.117 e. The van der Waals surface area contributed by atoms with E-state index in [9.17, 15) is 4.39 Å². The summed E-state index contributed by atoms with van der Waals surface area (Å²) in [5, 5.41) is 0. The standard InChI is InChI=1S/C6H7BrFN/c1-5(8)3-6(7)4-9-2/h3-4H,1H2,2H3/b6-3+,9-4?. The Kier molecular flexibility index (Phi) is 4.22. The van der Waals surface area contributed by atoms with Crippen molar-refractivity contribution in [1.82, 2.24) is 0 Å². The van der Waals surface area contributed by atoms with Gasteiger partial charge in [0.15, 0.2) is 0 Å². The third-order valence-corrected chi connectivity index (χ3v) is 0.981. The van der Waals surface area contributed by atoms with Crippen LogP contribution in [-0.2, 0) is 0 Å². The molecule has 0 spiro atoms. The van der Waals surface area contributed by atoms with Gasteiger partial charge < -0.3 is 0 Å². The first-order chi connectivity index (χ1) is 4.16. The van der Waals surface area contributed by atoms with E-state index in [4.69, 9.17) is 0 Å². The first-order valence-electron chi connectivity index (χ1n) is 2.30. The van der Waals surface area contributed by atoms with Crippen LogP contribution in [0.15, 0.2) is 28.0 Å². The molecule has 0 saturated heterocycles. The van der Waals surface area contributed by atoms with Crippen LogP contribution in [0.3, 0.4) is 0 Å². The van der Waals surface area contributed by atoms with Gasteiger partial charge in [-0.25, -0.2) is 4.39 Å². The Morgan fingerprint density at radius 1 is 1.78 bits per heavy atom. The second-order valence-electron chi connectivity index (χ2n) is 1.36. The molecule has 0 aliphatic heterocycles. The number of allylic oxidation sites excluding steroid dienone is 3. The smallest absolute Gasteiger partial charge is 0.117 e. The van der Waals surface area contributed by atoms with E-state index in [1.54, 1.807) is 7.05 Å². The summed E-state index contributed by atoms with van der Waals surface area (Å²) in [6.45, 7) is 3.04. The number of halogens is 2. The molecule has 0 atom stereocenters. The summed E-state index contributed by atoms with van der Waals surface area (Å²) in [7, 11) is 1.61. The molecule has 0 aromatic heterocycles. The van der Waals surface area contributed by atoms with Crippen molar-refractivity contribution < 1.29 is 4.39 Å². The van der Waals surface area contributed by atoms with Gasteiger partial charge in [0.25, 0.3) is 0 Å². The van der Waals surface area contributed by atoms with Gasteiger partial charge in [-0.05, 0) is 22.0 Å². The molecular formula is C6H7BrFN. The Bertz CT molecular complexity index is 160. The summed E-state index contributed by atoms with van der Waals surface area (Å²) in [6.07, 6.45) is 2.73. The van der Waals surface area contributed by atoms with Gasteiger partial charge in [0.05, 0.1) is 0 Å². The average Bonchev–Trinajstić information content (AvgIpc) is 1.63. The largest absolute Gasteiger partial charge is 0.295 e. The quantitative estimate of drug-likeness (QED) is 0.470. The van der Waals surface area contributed by atoms with Gasteiger partial charge in [-0.2, -0.15) is 0 Å². The lowest BCUT2D eigenvalue weighted by Crippen LogP contribution is -1.71. The molecule has 0 N–H and O–H groups in total. The topological polar surface area (TPSA) is 12.4 Å². The minimum atomic E-state index is -0.484. The van der Waals surface area contributed by atoms with E-state index >= 15 is 0 Å². The van der Waals surface area contributed by atoms with Crippen LogP contribution in [0.1, 0.15) is 0 Å². The van der Waals surface area contributed by atoms with Crippen LogP contribution in [-0.4, -0.2) is 13.3 Å². The van der Waals surface area contributed by atoms with Crippen molar-refractivity contribution in [3.63, 3.8) is 0 Å². The zero-order valence-corrected chi connectivity index (χ0v) is 6.65. The van der Waals surface area contributed by atoms with Gasteiger partial charge in [0.1, 0.15) is 5.83 Å². The molecular weight excluding hydrogens is 185 g/mol. The first-order valence-corrected chi connectivity index (χ1v) is 3.10. The lowest BCUT2D eigenvalue weighted by atomic mass is 10.5. The van der Waals surface area contributed by atoms with Crippen molar-refractivity contribution in [2.75, 3.05) is 7.05 Å². The molecule has 0 radical (unpaired) electrons. The number of nitrogens with zero attached hydrogens (tertiary/aromatic N) is 1. The molecule has 0 aromatic carbocycles. The molecule has 0 fully saturated rings. The maximum absolute atomic E-state index is 11.9. The summed E-state index contributed by atoms with van der Waals surface area (Å²) < 4.78 is 12.5. The Balaban J connectivity index is 4.00. The van der Waals surface area contributed by atoms with Crippen LogP contribution < -0.4 is 0 Å². The highest BCUT2D eigenvalue weighted by molar-refractivity contribution is 9.12. The van der Waals surface area contributed by atoms with Crippen molar-refractivity contribution in [1.29, 1.82) is 0 Å². The third kappa shape index (κ3) is 5.43. The first kappa shape index (κ1) is 8.56. The SMILES string of the molecule is C=C(F)/C=C(/Br)C=NC. The Morgan fingerprint density at radius 3 is 2.67 bits per heavy atom. The minimum absolute atomic E-state index is 0.484. The summed E-state index contributed by atoms with van der Waals surface area (Å²) in [4.78, 5) is 3.64. The predicted molar refractivity (Wildman–Crippen MR) is 41.7 cm³/mol. The number of rotatable bonds is 2. The molecule has 0 amide bonds. The van der Waals surface area contributed by atoms with Crippen molar-refractivity contribution >= 4 is 22.1 Å². The van der Waals surface area contributed by atoms with Crippen molar-refractivity contribution in [3.8, 4) is 0 Å². The number of hydrogen-bond acceptors (Lipinski definition) is 1. The normalized spacial score (nSPS) is 12.6. The van der Waals surface area contributed by atoms with Gasteiger partial charge >= 0.3 is 0 Å². The highest BCUT2D eigenvalue weighted by atomic mass is 79.9. The zero-order chi connectivity index (χ0) is 7.28. The molecule has 1 nitrogen and oxygen atoms in total. The fourth-order valence-electron chi connectivity index (χ4n) is 0.310. The van der Waals surface area contributed by atoms with Crippen LogP contribution in [0.5, 0.6) is 0 Å². The lowest BCUT2D eigenvalue weighted by molar-refractivity contribution is 0.671. The summed E-state index contributed by atoms with van der Waals surface area (Å²) in [5.74, 6) is -0.484. The highest BCUT2D eigenvalue weighted by Gasteiger charge is 1.85. The summed E-state index contributed by atoms with van der Waals surface area (Å²) in [6, 6.07) is 0. The molecule has 0 aliphatic rings. The Hall–Kier alpha value is -0.440. The van der Waals surface area contributed by atoms with Crippen molar-refractivity contribution in [2.24, 2.45) is 4.99 Å². The fraction of sp³-hybridized carbons (Fsp3) is 0.167. The van der Waals surface area contributed by atoms with Crippen molar-refractivity contribution in [2.45, 2.75) is 0 Å². The molecule has 0 saturated carbocycles. The molecule has 50 valence electrons. The van der Waals surface area contributed by atoms with Gasteiger partial charge in [-0.3, -0.25) is 4.99 Å². The minimum Gasteiger partial charge on any atom is -0.295 e. The van der Waals surface area contributed by atoms with Gasteiger partial charge in [0.2, 0.25) is 0 Å². The third-order valence-electron chi connectivity index (χ3n) is 0.547.